The van der Waals surface area contributed by atoms with E-state index in [0.29, 0.717) is 0 Å². The molecule has 0 bridgehead atoms. The van der Waals surface area contributed by atoms with Gasteiger partial charge in [-0.1, -0.05) is 6.58 Å². The van der Waals surface area contributed by atoms with Crippen LogP contribution in [-0.2, 0) is 4.79 Å². The number of aliphatic carboxylic acids is 1. The topological polar surface area (TPSA) is 37.3 Å². The molecule has 0 fully saturated rings. The third kappa shape index (κ3) is 17.8. The van der Waals surface area contributed by atoms with Crippen molar-refractivity contribution in [2.45, 2.75) is 13.8 Å². The Morgan fingerprint density at radius 2 is 1.89 bits per heavy atom. The van der Waals surface area contributed by atoms with Crippen molar-refractivity contribution < 1.29 is 9.90 Å². The molecule has 0 saturated carbocycles. The molecule has 0 unspecified atom stereocenters. The Bertz CT molecular complexity index is 106. The van der Waals surface area contributed by atoms with Crippen LogP contribution in [0.3, 0.4) is 0 Å². The van der Waals surface area contributed by atoms with Crippen molar-refractivity contribution in [3.8, 4) is 0 Å². The van der Waals surface area contributed by atoms with Crippen molar-refractivity contribution in [2.75, 3.05) is 0 Å². The van der Waals surface area contributed by atoms with E-state index in [-0.39, 0.29) is 5.57 Å². The summed E-state index contributed by atoms with van der Waals surface area (Å²) in [6.45, 7) is 6.66. The molecule has 0 radical (unpaired) electrons. The molecule has 1 N–H and O–H groups in total. The molecule has 0 aliphatic rings. The van der Waals surface area contributed by atoms with E-state index in [4.69, 9.17) is 5.11 Å². The molecular formula is C6H10CaO2. The standard InChI is InChI=1S/C4H6O2.C2H4.Ca/c1-3(2)4(5)6;1-2;/h1H2,2H3,(H,5,6);1H,2H3;. The summed E-state index contributed by atoms with van der Waals surface area (Å²) in [5.74, 6) is -0.935. The van der Waals surface area contributed by atoms with Gasteiger partial charge in [0.2, 0.25) is 0 Å². The fourth-order valence-electron chi connectivity index (χ4n) is 0. The molecule has 0 heterocycles. The van der Waals surface area contributed by atoms with Gasteiger partial charge in [0.1, 0.15) is 0 Å². The maximum atomic E-state index is 9.60. The van der Waals surface area contributed by atoms with Crippen molar-refractivity contribution >= 4 is 43.3 Å². The van der Waals surface area contributed by atoms with Crippen molar-refractivity contribution in [1.82, 2.24) is 0 Å². The summed E-state index contributed by atoms with van der Waals surface area (Å²) in [5.41, 5.74) is 0.176. The van der Waals surface area contributed by atoms with E-state index in [9.17, 15) is 4.79 Å². The quantitative estimate of drug-likeness (QED) is 0.444. The molecule has 0 spiro atoms. The summed E-state index contributed by atoms with van der Waals surface area (Å²) >= 11 is 1.32. The zero-order valence-corrected chi connectivity index (χ0v) is 8.06. The van der Waals surface area contributed by atoms with Crippen molar-refractivity contribution in [3.63, 3.8) is 0 Å². The van der Waals surface area contributed by atoms with Crippen molar-refractivity contribution in [2.24, 2.45) is 0 Å². The molecule has 0 aromatic heterocycles. The van der Waals surface area contributed by atoms with Crippen molar-refractivity contribution in [1.29, 1.82) is 0 Å². The third-order valence-electron chi connectivity index (χ3n) is 0.365. The number of hydrogen-bond donors (Lipinski definition) is 1. The first-order chi connectivity index (χ1) is 4.06. The SMILES string of the molecule is C=C(C)C(=O)O.C[CH]=[Ca]. The van der Waals surface area contributed by atoms with Gasteiger partial charge in [0, 0.05) is 5.57 Å². The number of carboxylic acid groups (broad SMARTS) is 1. The van der Waals surface area contributed by atoms with E-state index in [0.717, 1.165) is 0 Å². The van der Waals surface area contributed by atoms with E-state index in [1.54, 1.807) is 0 Å². The van der Waals surface area contributed by atoms with Crippen LogP contribution in [-0.4, -0.2) is 48.4 Å². The maximum absolute atomic E-state index is 9.60. The molecule has 0 aliphatic heterocycles. The zero-order chi connectivity index (χ0) is 7.86. The van der Waals surface area contributed by atoms with Gasteiger partial charge in [0.15, 0.2) is 0 Å². The zero-order valence-electron chi connectivity index (χ0n) is 5.85. The van der Waals surface area contributed by atoms with Crippen LogP contribution in [0.15, 0.2) is 12.2 Å². The summed E-state index contributed by atoms with van der Waals surface area (Å²) in [6.07, 6.45) is 0. The van der Waals surface area contributed by atoms with Crippen LogP contribution in [0.2, 0.25) is 0 Å². The molecule has 0 saturated heterocycles. The summed E-state index contributed by atoms with van der Waals surface area (Å²) in [5, 5.41) is 7.89. The van der Waals surface area contributed by atoms with E-state index in [1.807, 2.05) is 0 Å². The third-order valence-corrected chi connectivity index (χ3v) is 0.365. The number of rotatable bonds is 1. The first-order valence-electron chi connectivity index (χ1n) is 2.52. The van der Waals surface area contributed by atoms with Crippen LogP contribution < -0.4 is 0 Å². The minimum absolute atomic E-state index is 0.176. The molecular weight excluding hydrogens is 144 g/mol. The Balaban J connectivity index is 0. The average Bonchev–Trinajstić information content (AvgIpc) is 1.68. The molecule has 0 atom stereocenters. The molecule has 0 rings (SSSR count). The number of hydrogen-bond acceptors (Lipinski definition) is 1. The molecule has 0 aliphatic carbocycles. The molecule has 0 amide bonds. The van der Waals surface area contributed by atoms with Gasteiger partial charge in [-0.25, -0.2) is 4.79 Å². The normalized spacial score (nSPS) is 6.67. The van der Waals surface area contributed by atoms with Gasteiger partial charge < -0.3 is 5.11 Å². The molecule has 9 heavy (non-hydrogen) atoms. The Hall–Kier alpha value is 0.340. The fraction of sp³-hybridized carbons (Fsp3) is 0.333. The van der Waals surface area contributed by atoms with Crippen LogP contribution in [0, 0.1) is 0 Å². The van der Waals surface area contributed by atoms with Crippen LogP contribution in [0.1, 0.15) is 13.8 Å². The Morgan fingerprint density at radius 3 is 1.89 bits per heavy atom. The van der Waals surface area contributed by atoms with Crippen LogP contribution >= 0.6 is 0 Å². The summed E-state index contributed by atoms with van der Waals surface area (Å²) < 4.78 is 2.12. The Kier molecular flexibility index (Phi) is 11.2. The van der Waals surface area contributed by atoms with Gasteiger partial charge in [-0.05, 0) is 6.92 Å². The predicted molar refractivity (Wildman–Crippen MR) is 39.9 cm³/mol. The molecule has 0 aromatic carbocycles. The van der Waals surface area contributed by atoms with E-state index >= 15 is 0 Å². The van der Waals surface area contributed by atoms with Gasteiger partial charge in [-0.3, -0.25) is 0 Å². The Morgan fingerprint density at radius 1 is 1.78 bits per heavy atom. The van der Waals surface area contributed by atoms with Gasteiger partial charge in [-0.15, -0.1) is 0 Å². The predicted octanol–water partition coefficient (Wildman–Crippen LogP) is 0.624. The van der Waals surface area contributed by atoms with Gasteiger partial charge in [0.25, 0.3) is 0 Å². The van der Waals surface area contributed by atoms with Gasteiger partial charge >= 0.3 is 50.2 Å². The van der Waals surface area contributed by atoms with E-state index < -0.39 is 5.97 Å². The molecule has 3 heteroatoms. The molecule has 0 aromatic rings. The van der Waals surface area contributed by atoms with Crippen LogP contribution in [0.5, 0.6) is 0 Å². The summed E-state index contributed by atoms with van der Waals surface area (Å²) in [7, 11) is 0. The average molecular weight is 154 g/mol. The first-order valence-corrected chi connectivity index (χ1v) is 3.79. The second-order valence-corrected chi connectivity index (χ2v) is 2.77. The molecule has 48 valence electrons. The van der Waals surface area contributed by atoms with E-state index in [2.05, 4.69) is 15.6 Å². The second-order valence-electron chi connectivity index (χ2n) is 1.49. The van der Waals surface area contributed by atoms with Crippen molar-refractivity contribution in [3.05, 3.63) is 12.2 Å². The second kappa shape index (κ2) is 8.34. The number of carbonyl (C=O) groups is 1. The molecule has 2 nitrogen and oxygen atoms in total. The summed E-state index contributed by atoms with van der Waals surface area (Å²) in [4.78, 5) is 9.60. The summed E-state index contributed by atoms with van der Waals surface area (Å²) in [6, 6.07) is 0. The van der Waals surface area contributed by atoms with Gasteiger partial charge in [0.05, 0.1) is 0 Å². The van der Waals surface area contributed by atoms with E-state index in [1.165, 1.54) is 42.2 Å². The fourth-order valence-corrected chi connectivity index (χ4v) is 0. The van der Waals surface area contributed by atoms with Gasteiger partial charge in [-0.2, -0.15) is 0 Å². The Labute approximate surface area is 78.6 Å². The van der Waals surface area contributed by atoms with Crippen LogP contribution in [0.25, 0.3) is 0 Å². The van der Waals surface area contributed by atoms with Crippen LogP contribution in [0.4, 0.5) is 0 Å². The first kappa shape index (κ1) is 12.1. The monoisotopic (exact) mass is 154 g/mol. The number of carboxylic acids is 1. The minimum atomic E-state index is -0.935.